The van der Waals surface area contributed by atoms with Crippen LogP contribution in [0.25, 0.3) is 11.4 Å². The van der Waals surface area contributed by atoms with Crippen molar-refractivity contribution in [2.24, 2.45) is 11.7 Å². The molecule has 0 saturated carbocycles. The Hall–Kier alpha value is -2.52. The van der Waals surface area contributed by atoms with Crippen LogP contribution in [0.2, 0.25) is 0 Å². The first kappa shape index (κ1) is 17.9. The Kier molecular flexibility index (Phi) is 5.30. The van der Waals surface area contributed by atoms with Gasteiger partial charge in [-0.25, -0.2) is 4.98 Å². The first-order valence-electron chi connectivity index (χ1n) is 9.32. The molecule has 0 radical (unpaired) electrons. The number of rotatable bonds is 5. The van der Waals surface area contributed by atoms with Gasteiger partial charge in [0.2, 0.25) is 17.6 Å². The molecular formula is C18H24N6O3. The number of nitrogens with zero attached hydrogens (tertiary/aromatic N) is 5. The number of aromatic nitrogens is 3. The van der Waals surface area contributed by atoms with Crippen molar-refractivity contribution < 1.29 is 14.1 Å². The van der Waals surface area contributed by atoms with Gasteiger partial charge in [0, 0.05) is 30.8 Å². The number of likely N-dealkylation sites (tertiary alicyclic amines) is 1. The molecule has 2 saturated heterocycles. The summed E-state index contributed by atoms with van der Waals surface area (Å²) in [7, 11) is 0. The van der Waals surface area contributed by atoms with Crippen molar-refractivity contribution in [3.05, 3.63) is 24.2 Å². The lowest BCUT2D eigenvalue weighted by atomic mass is 9.96. The van der Waals surface area contributed by atoms with E-state index in [-0.39, 0.29) is 11.8 Å². The normalized spacial score (nSPS) is 19.3. The molecule has 0 aromatic carbocycles. The van der Waals surface area contributed by atoms with E-state index in [0.29, 0.717) is 18.3 Å². The van der Waals surface area contributed by atoms with E-state index >= 15 is 0 Å². The van der Waals surface area contributed by atoms with Crippen molar-refractivity contribution in [2.45, 2.75) is 19.4 Å². The van der Waals surface area contributed by atoms with Crippen LogP contribution in [0.4, 0.5) is 5.82 Å². The maximum Gasteiger partial charge on any atom is 0.241 e. The highest BCUT2D eigenvalue weighted by Gasteiger charge is 2.24. The molecule has 0 spiro atoms. The summed E-state index contributed by atoms with van der Waals surface area (Å²) in [6.07, 6.45) is 3.34. The molecule has 0 bridgehead atoms. The van der Waals surface area contributed by atoms with Crippen LogP contribution < -0.4 is 10.6 Å². The number of carbonyl (C=O) groups excluding carboxylic acids is 1. The molecule has 27 heavy (non-hydrogen) atoms. The SMILES string of the molecule is NC(=O)C1CCN(Cc2nc(-c3ccc(N4CCOCC4)nc3)no2)CC1. The molecule has 9 nitrogen and oxygen atoms in total. The van der Waals surface area contributed by atoms with E-state index in [1.54, 1.807) is 6.20 Å². The van der Waals surface area contributed by atoms with Crippen LogP contribution in [0.3, 0.4) is 0 Å². The molecular weight excluding hydrogens is 348 g/mol. The Balaban J connectivity index is 1.35. The van der Waals surface area contributed by atoms with Gasteiger partial charge in [0.05, 0.1) is 19.8 Å². The molecule has 0 aliphatic carbocycles. The number of carbonyl (C=O) groups is 1. The van der Waals surface area contributed by atoms with Crippen LogP contribution in [0.15, 0.2) is 22.9 Å². The van der Waals surface area contributed by atoms with Gasteiger partial charge in [-0.05, 0) is 38.1 Å². The predicted octanol–water partition coefficient (Wildman–Crippen LogP) is 0.665. The lowest BCUT2D eigenvalue weighted by Crippen LogP contribution is -2.38. The van der Waals surface area contributed by atoms with E-state index in [1.165, 1.54) is 0 Å². The number of ether oxygens (including phenoxy) is 1. The first-order valence-corrected chi connectivity index (χ1v) is 9.32. The molecule has 4 heterocycles. The summed E-state index contributed by atoms with van der Waals surface area (Å²) in [6, 6.07) is 3.94. The number of hydrogen-bond acceptors (Lipinski definition) is 8. The lowest BCUT2D eigenvalue weighted by molar-refractivity contribution is -0.123. The van der Waals surface area contributed by atoms with Crippen molar-refractivity contribution >= 4 is 11.7 Å². The number of pyridine rings is 1. The van der Waals surface area contributed by atoms with Crippen LogP contribution in [-0.2, 0) is 16.1 Å². The molecule has 2 aliphatic heterocycles. The summed E-state index contributed by atoms with van der Waals surface area (Å²) in [5.74, 6) is 1.82. The van der Waals surface area contributed by atoms with Gasteiger partial charge in [-0.1, -0.05) is 5.16 Å². The molecule has 2 aromatic rings. The minimum atomic E-state index is -0.206. The van der Waals surface area contributed by atoms with Gasteiger partial charge in [0.25, 0.3) is 0 Å². The largest absolute Gasteiger partial charge is 0.378 e. The minimum Gasteiger partial charge on any atom is -0.378 e. The standard InChI is InChI=1S/C18H24N6O3/c19-17(25)13-3-5-23(6-4-13)12-16-21-18(22-27-16)14-1-2-15(20-11-14)24-7-9-26-10-8-24/h1-2,11,13H,3-10,12H2,(H2,19,25). The van der Waals surface area contributed by atoms with Gasteiger partial charge in [-0.2, -0.15) is 4.98 Å². The average molecular weight is 372 g/mol. The summed E-state index contributed by atoms with van der Waals surface area (Å²) in [5, 5.41) is 4.08. The second-order valence-corrected chi connectivity index (χ2v) is 6.97. The molecule has 2 fully saturated rings. The molecule has 2 aromatic heterocycles. The van der Waals surface area contributed by atoms with E-state index < -0.39 is 0 Å². The van der Waals surface area contributed by atoms with Crippen LogP contribution in [-0.4, -0.2) is 65.3 Å². The molecule has 4 rings (SSSR count). The van der Waals surface area contributed by atoms with Crippen LogP contribution in [0.5, 0.6) is 0 Å². The van der Waals surface area contributed by atoms with E-state index in [9.17, 15) is 4.79 Å². The highest BCUT2D eigenvalue weighted by molar-refractivity contribution is 5.76. The van der Waals surface area contributed by atoms with E-state index in [1.807, 2.05) is 12.1 Å². The molecule has 9 heteroatoms. The fourth-order valence-corrected chi connectivity index (χ4v) is 3.50. The molecule has 1 amide bonds. The Morgan fingerprint density at radius 3 is 2.63 bits per heavy atom. The summed E-state index contributed by atoms with van der Waals surface area (Å²) >= 11 is 0. The lowest BCUT2D eigenvalue weighted by Gasteiger charge is -2.29. The highest BCUT2D eigenvalue weighted by atomic mass is 16.5. The van der Waals surface area contributed by atoms with E-state index in [2.05, 4.69) is 24.9 Å². The number of anilines is 1. The smallest absolute Gasteiger partial charge is 0.241 e. The van der Waals surface area contributed by atoms with Gasteiger partial charge < -0.3 is 19.9 Å². The van der Waals surface area contributed by atoms with Gasteiger partial charge in [0.1, 0.15) is 5.82 Å². The quantitative estimate of drug-likeness (QED) is 0.815. The summed E-state index contributed by atoms with van der Waals surface area (Å²) < 4.78 is 10.8. The zero-order valence-corrected chi connectivity index (χ0v) is 15.2. The number of nitrogens with two attached hydrogens (primary N) is 1. The number of primary amides is 1. The van der Waals surface area contributed by atoms with E-state index in [0.717, 1.165) is 63.6 Å². The van der Waals surface area contributed by atoms with Crippen molar-refractivity contribution in [2.75, 3.05) is 44.3 Å². The van der Waals surface area contributed by atoms with Crippen LogP contribution in [0.1, 0.15) is 18.7 Å². The van der Waals surface area contributed by atoms with Gasteiger partial charge >= 0.3 is 0 Å². The van der Waals surface area contributed by atoms with Crippen LogP contribution in [0, 0.1) is 5.92 Å². The Morgan fingerprint density at radius 2 is 1.96 bits per heavy atom. The second kappa shape index (κ2) is 8.01. The molecule has 2 aliphatic rings. The third-order valence-corrected chi connectivity index (χ3v) is 5.16. The zero-order chi connectivity index (χ0) is 18.6. The fourth-order valence-electron chi connectivity index (χ4n) is 3.50. The van der Waals surface area contributed by atoms with Crippen LogP contribution >= 0.6 is 0 Å². The van der Waals surface area contributed by atoms with Crippen molar-refractivity contribution in [3.8, 4) is 11.4 Å². The second-order valence-electron chi connectivity index (χ2n) is 6.97. The third kappa shape index (κ3) is 4.25. The Morgan fingerprint density at radius 1 is 1.19 bits per heavy atom. The summed E-state index contributed by atoms with van der Waals surface area (Å²) in [6.45, 7) is 5.36. The average Bonchev–Trinajstić information content (AvgIpc) is 3.18. The van der Waals surface area contributed by atoms with Gasteiger partial charge in [-0.3, -0.25) is 9.69 Å². The molecule has 144 valence electrons. The van der Waals surface area contributed by atoms with Crippen molar-refractivity contribution in [3.63, 3.8) is 0 Å². The van der Waals surface area contributed by atoms with Gasteiger partial charge in [0.15, 0.2) is 0 Å². The maximum absolute atomic E-state index is 11.3. The monoisotopic (exact) mass is 372 g/mol. The summed E-state index contributed by atoms with van der Waals surface area (Å²) in [4.78, 5) is 24.7. The Bertz CT molecular complexity index is 764. The van der Waals surface area contributed by atoms with Crippen molar-refractivity contribution in [1.82, 2.24) is 20.0 Å². The third-order valence-electron chi connectivity index (χ3n) is 5.16. The zero-order valence-electron chi connectivity index (χ0n) is 15.2. The first-order chi connectivity index (χ1) is 13.2. The Labute approximate surface area is 157 Å². The fraction of sp³-hybridized carbons (Fsp3) is 0.556. The number of piperidine rings is 1. The molecule has 2 N–H and O–H groups in total. The molecule has 0 unspecified atom stereocenters. The van der Waals surface area contributed by atoms with Gasteiger partial charge in [-0.15, -0.1) is 0 Å². The van der Waals surface area contributed by atoms with Crippen molar-refractivity contribution in [1.29, 1.82) is 0 Å². The topological polar surface area (TPSA) is 111 Å². The van der Waals surface area contributed by atoms with E-state index in [4.69, 9.17) is 15.0 Å². The minimum absolute atomic E-state index is 0.0180. The maximum atomic E-state index is 11.3. The predicted molar refractivity (Wildman–Crippen MR) is 97.8 cm³/mol. The number of amides is 1. The number of hydrogen-bond donors (Lipinski definition) is 1. The summed E-state index contributed by atoms with van der Waals surface area (Å²) in [5.41, 5.74) is 6.21. The molecule has 0 atom stereocenters. The highest BCUT2D eigenvalue weighted by Crippen LogP contribution is 2.21. The number of morpholine rings is 1.